The molecule has 3 nitrogen and oxygen atoms in total. The van der Waals surface area contributed by atoms with Crippen LogP contribution in [0.4, 0.5) is 0 Å². The van der Waals surface area contributed by atoms with E-state index in [1.165, 1.54) is 24.3 Å². The third-order valence-corrected chi connectivity index (χ3v) is 3.97. The number of nitrogens with one attached hydrogen (secondary N) is 2. The zero-order valence-electron chi connectivity index (χ0n) is 9.42. The van der Waals surface area contributed by atoms with Crippen molar-refractivity contribution in [2.45, 2.75) is 44.5 Å². The molecule has 1 unspecified atom stereocenters. The molecule has 4 heteroatoms. The Morgan fingerprint density at radius 1 is 1.67 bits per heavy atom. The first kappa shape index (κ1) is 11.0. The van der Waals surface area contributed by atoms with E-state index in [0.717, 1.165) is 12.4 Å². The first-order chi connectivity index (χ1) is 7.25. The Kier molecular flexibility index (Phi) is 3.70. The maximum absolute atomic E-state index is 4.46. The quantitative estimate of drug-likeness (QED) is 0.827. The second-order valence-electron chi connectivity index (χ2n) is 4.33. The molecular formula is C11H19N3S. The molecule has 0 radical (unpaired) electrons. The number of rotatable bonds is 4. The summed E-state index contributed by atoms with van der Waals surface area (Å²) in [5.74, 6) is 2.45. The van der Waals surface area contributed by atoms with E-state index in [1.54, 1.807) is 0 Å². The van der Waals surface area contributed by atoms with Gasteiger partial charge in [0.1, 0.15) is 5.82 Å². The molecule has 0 spiro atoms. The van der Waals surface area contributed by atoms with Crippen molar-refractivity contribution in [1.29, 1.82) is 0 Å². The number of thioether (sulfide) groups is 1. The molecule has 2 rings (SSSR count). The fraction of sp³-hybridized carbons (Fsp3) is 0.727. The molecule has 1 atom stereocenters. The SMILES string of the molecule is CC(C)NCc1cnc(C2CCCS2)[nH]1. The second-order valence-corrected chi connectivity index (χ2v) is 5.64. The number of aromatic nitrogens is 2. The highest BCUT2D eigenvalue weighted by Crippen LogP contribution is 2.38. The predicted molar refractivity (Wildman–Crippen MR) is 65.0 cm³/mol. The number of H-pyrrole nitrogens is 1. The molecule has 0 aliphatic carbocycles. The van der Waals surface area contributed by atoms with Crippen LogP contribution in [0.2, 0.25) is 0 Å². The van der Waals surface area contributed by atoms with Gasteiger partial charge in [0, 0.05) is 24.5 Å². The van der Waals surface area contributed by atoms with E-state index in [0.29, 0.717) is 11.3 Å². The molecular weight excluding hydrogens is 206 g/mol. The molecule has 2 N–H and O–H groups in total. The van der Waals surface area contributed by atoms with Gasteiger partial charge in [-0.1, -0.05) is 13.8 Å². The summed E-state index contributed by atoms with van der Waals surface area (Å²) in [4.78, 5) is 7.88. The summed E-state index contributed by atoms with van der Waals surface area (Å²) in [6.45, 7) is 5.20. The van der Waals surface area contributed by atoms with Crippen molar-refractivity contribution in [3.8, 4) is 0 Å². The highest BCUT2D eigenvalue weighted by Gasteiger charge is 2.20. The molecule has 1 aliphatic heterocycles. The van der Waals surface area contributed by atoms with E-state index < -0.39 is 0 Å². The maximum atomic E-state index is 4.46. The smallest absolute Gasteiger partial charge is 0.119 e. The Morgan fingerprint density at radius 2 is 2.53 bits per heavy atom. The Balaban J connectivity index is 1.91. The maximum Gasteiger partial charge on any atom is 0.119 e. The molecule has 0 bridgehead atoms. The van der Waals surface area contributed by atoms with Crippen molar-refractivity contribution in [1.82, 2.24) is 15.3 Å². The second kappa shape index (κ2) is 5.03. The van der Waals surface area contributed by atoms with Crippen LogP contribution < -0.4 is 5.32 Å². The predicted octanol–water partition coefficient (Wildman–Crippen LogP) is 2.48. The number of hydrogen-bond donors (Lipinski definition) is 2. The molecule has 15 heavy (non-hydrogen) atoms. The summed E-state index contributed by atoms with van der Waals surface area (Å²) in [5.41, 5.74) is 1.20. The van der Waals surface area contributed by atoms with Gasteiger partial charge >= 0.3 is 0 Å². The first-order valence-electron chi connectivity index (χ1n) is 5.64. The number of hydrogen-bond acceptors (Lipinski definition) is 3. The topological polar surface area (TPSA) is 40.7 Å². The molecule has 1 aromatic rings. The summed E-state index contributed by atoms with van der Waals surface area (Å²) < 4.78 is 0. The lowest BCUT2D eigenvalue weighted by atomic mass is 10.2. The summed E-state index contributed by atoms with van der Waals surface area (Å²) in [7, 11) is 0. The molecule has 1 saturated heterocycles. The number of imidazole rings is 1. The van der Waals surface area contributed by atoms with Crippen molar-refractivity contribution < 1.29 is 0 Å². The Hall–Kier alpha value is -0.480. The van der Waals surface area contributed by atoms with E-state index in [9.17, 15) is 0 Å². The summed E-state index contributed by atoms with van der Waals surface area (Å²) in [6.07, 6.45) is 4.56. The van der Waals surface area contributed by atoms with Crippen molar-refractivity contribution >= 4 is 11.8 Å². The van der Waals surface area contributed by atoms with E-state index in [1.807, 2.05) is 18.0 Å². The third kappa shape index (κ3) is 2.98. The zero-order valence-corrected chi connectivity index (χ0v) is 10.2. The standard InChI is InChI=1S/C11H19N3S/c1-8(2)12-6-9-7-13-11(14-9)10-4-3-5-15-10/h7-8,10,12H,3-6H2,1-2H3,(H,13,14). The van der Waals surface area contributed by atoms with Crippen LogP contribution in [0.5, 0.6) is 0 Å². The fourth-order valence-corrected chi connectivity index (χ4v) is 2.97. The van der Waals surface area contributed by atoms with Crippen molar-refractivity contribution in [3.63, 3.8) is 0 Å². The lowest BCUT2D eigenvalue weighted by Gasteiger charge is -2.06. The fourth-order valence-electron chi connectivity index (χ4n) is 1.74. The van der Waals surface area contributed by atoms with Gasteiger partial charge in [-0.05, 0) is 18.6 Å². The van der Waals surface area contributed by atoms with Crippen LogP contribution in [0.3, 0.4) is 0 Å². The number of aromatic amines is 1. The van der Waals surface area contributed by atoms with E-state index >= 15 is 0 Å². The zero-order chi connectivity index (χ0) is 10.7. The largest absolute Gasteiger partial charge is 0.344 e. The molecule has 2 heterocycles. The van der Waals surface area contributed by atoms with E-state index in [2.05, 4.69) is 29.1 Å². The monoisotopic (exact) mass is 225 g/mol. The van der Waals surface area contributed by atoms with Crippen LogP contribution >= 0.6 is 11.8 Å². The highest BCUT2D eigenvalue weighted by molar-refractivity contribution is 7.99. The van der Waals surface area contributed by atoms with Gasteiger partial charge in [-0.25, -0.2) is 4.98 Å². The average molecular weight is 225 g/mol. The normalized spacial score (nSPS) is 21.4. The molecule has 0 saturated carbocycles. The van der Waals surface area contributed by atoms with Gasteiger partial charge in [-0.15, -0.1) is 0 Å². The van der Waals surface area contributed by atoms with Crippen molar-refractivity contribution in [3.05, 3.63) is 17.7 Å². The van der Waals surface area contributed by atoms with Crippen molar-refractivity contribution in [2.75, 3.05) is 5.75 Å². The lowest BCUT2D eigenvalue weighted by molar-refractivity contribution is 0.582. The molecule has 0 amide bonds. The molecule has 1 aromatic heterocycles. The molecule has 84 valence electrons. The summed E-state index contributed by atoms with van der Waals surface area (Å²) in [6, 6.07) is 0.526. The van der Waals surface area contributed by atoms with Crippen LogP contribution in [-0.2, 0) is 6.54 Å². The molecule has 1 fully saturated rings. The summed E-state index contributed by atoms with van der Waals surface area (Å²) in [5, 5.41) is 4.00. The minimum Gasteiger partial charge on any atom is -0.344 e. The van der Waals surface area contributed by atoms with Gasteiger partial charge < -0.3 is 10.3 Å². The third-order valence-electron chi connectivity index (χ3n) is 2.58. The number of nitrogens with zero attached hydrogens (tertiary/aromatic N) is 1. The van der Waals surface area contributed by atoms with Gasteiger partial charge in [-0.2, -0.15) is 11.8 Å². The Morgan fingerprint density at radius 3 is 3.20 bits per heavy atom. The van der Waals surface area contributed by atoms with Crippen LogP contribution in [0, 0.1) is 0 Å². The van der Waals surface area contributed by atoms with Crippen LogP contribution in [0.15, 0.2) is 6.20 Å². The molecule has 1 aliphatic rings. The highest BCUT2D eigenvalue weighted by atomic mass is 32.2. The molecule has 0 aromatic carbocycles. The minimum absolute atomic E-state index is 0.526. The first-order valence-corrected chi connectivity index (χ1v) is 6.69. The van der Waals surface area contributed by atoms with Crippen LogP contribution in [0.1, 0.15) is 43.5 Å². The average Bonchev–Trinajstić information content (AvgIpc) is 2.85. The summed E-state index contributed by atoms with van der Waals surface area (Å²) >= 11 is 2.02. The lowest BCUT2D eigenvalue weighted by Crippen LogP contribution is -2.21. The van der Waals surface area contributed by atoms with Crippen LogP contribution in [0.25, 0.3) is 0 Å². The van der Waals surface area contributed by atoms with Crippen molar-refractivity contribution in [2.24, 2.45) is 0 Å². The van der Waals surface area contributed by atoms with Gasteiger partial charge in [-0.3, -0.25) is 0 Å². The van der Waals surface area contributed by atoms with Gasteiger partial charge in [0.2, 0.25) is 0 Å². The Labute approximate surface area is 95.4 Å². The Bertz CT molecular complexity index is 303. The van der Waals surface area contributed by atoms with E-state index in [4.69, 9.17) is 0 Å². The minimum atomic E-state index is 0.526. The van der Waals surface area contributed by atoms with Gasteiger partial charge in [0.25, 0.3) is 0 Å². The van der Waals surface area contributed by atoms with E-state index in [-0.39, 0.29) is 0 Å². The van der Waals surface area contributed by atoms with Gasteiger partial charge in [0.15, 0.2) is 0 Å². The van der Waals surface area contributed by atoms with Crippen LogP contribution in [-0.4, -0.2) is 21.8 Å². The van der Waals surface area contributed by atoms with Gasteiger partial charge in [0.05, 0.1) is 5.25 Å².